The van der Waals surface area contributed by atoms with E-state index in [0.717, 1.165) is 25.7 Å². The fraction of sp³-hybridized carbons (Fsp3) is 0.619. The highest BCUT2D eigenvalue weighted by Gasteiger charge is 2.42. The van der Waals surface area contributed by atoms with Gasteiger partial charge in [-0.15, -0.1) is 0 Å². The Morgan fingerprint density at radius 1 is 1.46 bits per heavy atom. The number of hydrogen-bond acceptors (Lipinski definition) is 4. The van der Waals surface area contributed by atoms with Crippen molar-refractivity contribution in [3.63, 3.8) is 0 Å². The molecule has 1 fully saturated rings. The van der Waals surface area contributed by atoms with Crippen LogP contribution in [0, 0.1) is 23.2 Å². The van der Waals surface area contributed by atoms with E-state index in [0.29, 0.717) is 42.0 Å². The molecule has 1 aliphatic carbocycles. The smallest absolute Gasteiger partial charge is 0.256 e. The van der Waals surface area contributed by atoms with Gasteiger partial charge in [-0.25, -0.2) is 0 Å². The SMILES string of the molecule is CCO[C@]1(C(=O)Nc2ccc(OCC(C)C)c(C#N)c2)CCC[C@@H](C)C1. The summed E-state index contributed by atoms with van der Waals surface area (Å²) < 4.78 is 11.6. The minimum atomic E-state index is -0.772. The third-order valence-corrected chi connectivity index (χ3v) is 4.72. The van der Waals surface area contributed by atoms with Gasteiger partial charge < -0.3 is 14.8 Å². The van der Waals surface area contributed by atoms with Crippen molar-refractivity contribution in [2.24, 2.45) is 11.8 Å². The zero-order valence-corrected chi connectivity index (χ0v) is 16.3. The molecule has 1 amide bonds. The molecular formula is C21H30N2O3. The molecule has 2 atom stereocenters. The first-order chi connectivity index (χ1) is 12.4. The molecule has 0 saturated heterocycles. The first-order valence-corrected chi connectivity index (χ1v) is 9.52. The Bertz CT molecular complexity index is 662. The average Bonchev–Trinajstić information content (AvgIpc) is 2.60. The van der Waals surface area contributed by atoms with Gasteiger partial charge >= 0.3 is 0 Å². The molecule has 1 aromatic carbocycles. The summed E-state index contributed by atoms with van der Waals surface area (Å²) in [6, 6.07) is 7.33. The van der Waals surface area contributed by atoms with Crippen LogP contribution in [0.1, 0.15) is 58.9 Å². The third kappa shape index (κ3) is 4.98. The summed E-state index contributed by atoms with van der Waals surface area (Å²) in [7, 11) is 0. The summed E-state index contributed by atoms with van der Waals surface area (Å²) in [6.07, 6.45) is 3.58. The molecule has 0 radical (unpaired) electrons. The summed E-state index contributed by atoms with van der Waals surface area (Å²) >= 11 is 0. The number of benzene rings is 1. The van der Waals surface area contributed by atoms with Crippen LogP contribution >= 0.6 is 0 Å². The van der Waals surface area contributed by atoms with Crippen molar-refractivity contribution in [1.82, 2.24) is 0 Å². The maximum Gasteiger partial charge on any atom is 0.256 e. The lowest BCUT2D eigenvalue weighted by molar-refractivity contribution is -0.147. The van der Waals surface area contributed by atoms with Crippen LogP contribution in [0.3, 0.4) is 0 Å². The largest absolute Gasteiger partial charge is 0.492 e. The van der Waals surface area contributed by atoms with Gasteiger partial charge in [0.2, 0.25) is 0 Å². The van der Waals surface area contributed by atoms with Gasteiger partial charge in [-0.3, -0.25) is 4.79 Å². The highest BCUT2D eigenvalue weighted by atomic mass is 16.5. The highest BCUT2D eigenvalue weighted by molar-refractivity contribution is 5.97. The van der Waals surface area contributed by atoms with Crippen molar-refractivity contribution in [2.75, 3.05) is 18.5 Å². The van der Waals surface area contributed by atoms with Gasteiger partial charge in [-0.1, -0.05) is 27.2 Å². The van der Waals surface area contributed by atoms with Crippen molar-refractivity contribution in [3.05, 3.63) is 23.8 Å². The van der Waals surface area contributed by atoms with Gasteiger partial charge in [0.15, 0.2) is 0 Å². The topological polar surface area (TPSA) is 71.3 Å². The second-order valence-electron chi connectivity index (χ2n) is 7.61. The van der Waals surface area contributed by atoms with E-state index in [1.54, 1.807) is 18.2 Å². The van der Waals surface area contributed by atoms with Gasteiger partial charge in [-0.2, -0.15) is 5.26 Å². The fourth-order valence-corrected chi connectivity index (χ4v) is 3.50. The molecule has 2 rings (SSSR count). The Labute approximate surface area is 156 Å². The summed E-state index contributed by atoms with van der Waals surface area (Å²) in [5, 5.41) is 12.3. The summed E-state index contributed by atoms with van der Waals surface area (Å²) in [6.45, 7) is 9.24. The van der Waals surface area contributed by atoms with Crippen molar-refractivity contribution in [1.29, 1.82) is 5.26 Å². The maximum absolute atomic E-state index is 13.0. The minimum Gasteiger partial charge on any atom is -0.492 e. The molecule has 1 saturated carbocycles. The van der Waals surface area contributed by atoms with E-state index in [4.69, 9.17) is 9.47 Å². The van der Waals surface area contributed by atoms with Crippen molar-refractivity contribution in [3.8, 4) is 11.8 Å². The fourth-order valence-electron chi connectivity index (χ4n) is 3.50. The van der Waals surface area contributed by atoms with E-state index in [-0.39, 0.29) is 5.91 Å². The number of rotatable bonds is 7. The molecule has 26 heavy (non-hydrogen) atoms. The molecule has 1 N–H and O–H groups in total. The van der Waals surface area contributed by atoms with Crippen LogP contribution in [0.5, 0.6) is 5.75 Å². The molecule has 0 heterocycles. The zero-order valence-electron chi connectivity index (χ0n) is 16.3. The summed E-state index contributed by atoms with van der Waals surface area (Å²) in [4.78, 5) is 13.0. The quantitative estimate of drug-likeness (QED) is 0.778. The van der Waals surface area contributed by atoms with Gasteiger partial charge in [-0.05, 0) is 56.2 Å². The number of amides is 1. The molecule has 0 aromatic heterocycles. The molecule has 0 bridgehead atoms. The van der Waals surface area contributed by atoms with E-state index >= 15 is 0 Å². The van der Waals surface area contributed by atoms with Gasteiger partial charge in [0.1, 0.15) is 17.4 Å². The van der Waals surface area contributed by atoms with E-state index < -0.39 is 5.60 Å². The molecule has 142 valence electrons. The molecule has 5 nitrogen and oxygen atoms in total. The number of anilines is 1. The second kappa shape index (κ2) is 9.05. The standard InChI is InChI=1S/C21H30N2O3/c1-5-26-21(10-6-7-16(4)12-21)20(24)23-18-8-9-19(17(11-18)13-22)25-14-15(2)3/h8-9,11,15-16H,5-7,10,12,14H2,1-4H3,(H,23,24)/t16-,21-/m1/s1. The first-order valence-electron chi connectivity index (χ1n) is 9.52. The van der Waals surface area contributed by atoms with Gasteiger partial charge in [0.25, 0.3) is 5.91 Å². The molecule has 0 aliphatic heterocycles. The normalized spacial score (nSPS) is 22.7. The lowest BCUT2D eigenvalue weighted by atomic mass is 9.78. The van der Waals surface area contributed by atoms with E-state index in [9.17, 15) is 10.1 Å². The maximum atomic E-state index is 13.0. The number of hydrogen-bond donors (Lipinski definition) is 1. The Hall–Kier alpha value is -2.06. The van der Waals surface area contributed by atoms with Crippen LogP contribution in [-0.2, 0) is 9.53 Å². The number of carbonyl (C=O) groups excluding carboxylic acids is 1. The summed E-state index contributed by atoms with van der Waals surface area (Å²) in [5.41, 5.74) is 0.248. The Balaban J connectivity index is 2.15. The zero-order chi connectivity index (χ0) is 19.2. The van der Waals surface area contributed by atoms with Crippen LogP contribution in [0.25, 0.3) is 0 Å². The van der Waals surface area contributed by atoms with Crippen LogP contribution in [0.15, 0.2) is 18.2 Å². The van der Waals surface area contributed by atoms with Crippen molar-refractivity contribution in [2.45, 2.75) is 59.0 Å². The first kappa shape index (κ1) is 20.3. The summed E-state index contributed by atoms with van der Waals surface area (Å²) in [5.74, 6) is 1.26. The van der Waals surface area contributed by atoms with Crippen LogP contribution in [-0.4, -0.2) is 24.7 Å². The Morgan fingerprint density at radius 3 is 2.85 bits per heavy atom. The minimum absolute atomic E-state index is 0.120. The average molecular weight is 358 g/mol. The van der Waals surface area contributed by atoms with E-state index in [2.05, 4.69) is 32.2 Å². The lowest BCUT2D eigenvalue weighted by Gasteiger charge is -2.38. The van der Waals surface area contributed by atoms with Gasteiger partial charge in [0.05, 0.1) is 12.2 Å². The number of ether oxygens (including phenoxy) is 2. The highest BCUT2D eigenvalue weighted by Crippen LogP contribution is 2.36. The van der Waals surface area contributed by atoms with Crippen LogP contribution in [0.4, 0.5) is 5.69 Å². The van der Waals surface area contributed by atoms with Crippen LogP contribution in [0.2, 0.25) is 0 Å². The molecular weight excluding hydrogens is 328 g/mol. The lowest BCUT2D eigenvalue weighted by Crippen LogP contribution is -2.48. The van der Waals surface area contributed by atoms with Crippen molar-refractivity contribution < 1.29 is 14.3 Å². The third-order valence-electron chi connectivity index (χ3n) is 4.72. The van der Waals surface area contributed by atoms with Crippen LogP contribution < -0.4 is 10.1 Å². The van der Waals surface area contributed by atoms with Gasteiger partial charge in [0, 0.05) is 12.3 Å². The number of carbonyl (C=O) groups is 1. The number of nitrogens with zero attached hydrogens (tertiary/aromatic N) is 1. The van der Waals surface area contributed by atoms with Crippen molar-refractivity contribution >= 4 is 11.6 Å². The molecule has 1 aromatic rings. The molecule has 0 unspecified atom stereocenters. The monoisotopic (exact) mass is 358 g/mol. The Kier molecular flexibility index (Phi) is 7.05. The number of nitriles is 1. The predicted molar refractivity (Wildman–Crippen MR) is 102 cm³/mol. The van der Waals surface area contributed by atoms with E-state index in [1.807, 2.05) is 6.92 Å². The van der Waals surface area contributed by atoms with E-state index in [1.165, 1.54) is 0 Å². The Morgan fingerprint density at radius 2 is 2.23 bits per heavy atom. The predicted octanol–water partition coefficient (Wildman–Crippen LogP) is 4.52. The molecule has 5 heteroatoms. The molecule has 1 aliphatic rings. The second-order valence-corrected chi connectivity index (χ2v) is 7.61. The molecule has 0 spiro atoms. The number of nitrogens with one attached hydrogen (secondary N) is 1.